The zero-order valence-electron chi connectivity index (χ0n) is 27.6. The van der Waals surface area contributed by atoms with Crippen LogP contribution in [0.4, 0.5) is 5.82 Å². The molecule has 0 bridgehead atoms. The van der Waals surface area contributed by atoms with E-state index in [1.807, 2.05) is 25.1 Å². The molecule has 0 saturated carbocycles. The Morgan fingerprint density at radius 1 is 1.02 bits per heavy atom. The average molecular weight is 701 g/mol. The van der Waals surface area contributed by atoms with Gasteiger partial charge in [-0.3, -0.25) is 19.1 Å². The van der Waals surface area contributed by atoms with Gasteiger partial charge in [0.25, 0.3) is 0 Å². The standard InChI is InChI=1S/C36H42BrN7O3/c1-7-9-10-11-12-13-15-27-18-28(29-20-38-25(5)39-21-29)19-30-33(24(4)45)42-44(34(27)30)22-32(46)43(6)23(3)36(47)41-35-26(14-8-2)16-17-31(37)40-35/h7-8,16-21,23H,1-2,9-15,22H2,3-6H3,(H,40,41,47). The van der Waals surface area contributed by atoms with Gasteiger partial charge in [0.15, 0.2) is 5.78 Å². The normalized spacial score (nSPS) is 11.7. The lowest BCUT2D eigenvalue weighted by molar-refractivity contribution is -0.137. The van der Waals surface area contributed by atoms with E-state index in [-0.39, 0.29) is 24.1 Å². The van der Waals surface area contributed by atoms with Crippen LogP contribution in [0.5, 0.6) is 0 Å². The number of likely N-dealkylation sites (N-methyl/N-ethyl adjacent to an activating group) is 1. The largest absolute Gasteiger partial charge is 0.332 e. The van der Waals surface area contributed by atoms with E-state index in [0.29, 0.717) is 33.7 Å². The summed E-state index contributed by atoms with van der Waals surface area (Å²) in [6.45, 7) is 12.4. The molecule has 1 aromatic carbocycles. The molecule has 0 spiro atoms. The van der Waals surface area contributed by atoms with Crippen molar-refractivity contribution in [3.05, 3.63) is 89.2 Å². The number of nitrogens with one attached hydrogen (secondary N) is 1. The molecule has 0 aliphatic rings. The van der Waals surface area contributed by atoms with E-state index in [2.05, 4.69) is 60.5 Å². The third kappa shape index (κ3) is 8.85. The SMILES string of the molecule is C=CCCCCCCc1cc(-c2cnc(C)nc2)cc2c(C(C)=O)nn(CC(=O)N(C)C(C)C(=O)Nc3nc(Br)ccc3CC=C)c12. The van der Waals surface area contributed by atoms with Crippen LogP contribution in [0.2, 0.25) is 0 Å². The Balaban J connectivity index is 1.64. The fourth-order valence-electron chi connectivity index (χ4n) is 5.38. The number of aromatic nitrogens is 5. The monoisotopic (exact) mass is 699 g/mol. The first-order chi connectivity index (χ1) is 22.5. The molecule has 3 aromatic heterocycles. The summed E-state index contributed by atoms with van der Waals surface area (Å²) in [7, 11) is 1.59. The topological polar surface area (TPSA) is 123 Å². The number of anilines is 1. The maximum atomic E-state index is 13.7. The van der Waals surface area contributed by atoms with Gasteiger partial charge in [-0.2, -0.15) is 5.10 Å². The average Bonchev–Trinajstić information content (AvgIpc) is 3.42. The van der Waals surface area contributed by atoms with E-state index in [1.165, 1.54) is 11.8 Å². The fourth-order valence-corrected chi connectivity index (χ4v) is 5.69. The molecule has 0 aliphatic carbocycles. The molecule has 47 heavy (non-hydrogen) atoms. The van der Waals surface area contributed by atoms with Gasteiger partial charge in [0, 0.05) is 37.3 Å². The third-order valence-corrected chi connectivity index (χ3v) is 8.61. The number of allylic oxidation sites excluding steroid dienone is 2. The number of fused-ring (bicyclic) bond motifs is 1. The molecule has 246 valence electrons. The van der Waals surface area contributed by atoms with Crippen LogP contribution in [-0.4, -0.2) is 60.3 Å². The van der Waals surface area contributed by atoms with Crippen LogP contribution < -0.4 is 5.32 Å². The van der Waals surface area contributed by atoms with Crippen molar-refractivity contribution < 1.29 is 14.4 Å². The summed E-state index contributed by atoms with van der Waals surface area (Å²) in [4.78, 5) is 54.3. The second kappa shape index (κ2) is 16.4. The van der Waals surface area contributed by atoms with Gasteiger partial charge in [0.2, 0.25) is 11.8 Å². The summed E-state index contributed by atoms with van der Waals surface area (Å²) in [6, 6.07) is 6.86. The Hall–Kier alpha value is -4.51. The lowest BCUT2D eigenvalue weighted by atomic mass is 9.96. The number of benzene rings is 1. The summed E-state index contributed by atoms with van der Waals surface area (Å²) in [5.41, 5.74) is 4.54. The molecule has 0 radical (unpaired) electrons. The number of hydrogen-bond donors (Lipinski definition) is 1. The van der Waals surface area contributed by atoms with Crippen molar-refractivity contribution in [3.8, 4) is 11.1 Å². The van der Waals surface area contributed by atoms with Gasteiger partial charge >= 0.3 is 0 Å². The number of pyridine rings is 1. The third-order valence-electron chi connectivity index (χ3n) is 8.16. The first kappa shape index (κ1) is 35.3. The second-order valence-corrected chi connectivity index (χ2v) is 12.5. The van der Waals surface area contributed by atoms with Gasteiger partial charge < -0.3 is 10.2 Å². The van der Waals surface area contributed by atoms with Gasteiger partial charge in [-0.1, -0.05) is 31.1 Å². The smallest absolute Gasteiger partial charge is 0.248 e. The molecular formula is C36H42BrN7O3. The maximum Gasteiger partial charge on any atom is 0.248 e. The van der Waals surface area contributed by atoms with Gasteiger partial charge in [0.05, 0.1) is 5.52 Å². The predicted molar refractivity (Wildman–Crippen MR) is 189 cm³/mol. The molecule has 4 rings (SSSR count). The zero-order chi connectivity index (χ0) is 34.1. The minimum Gasteiger partial charge on any atom is -0.332 e. The van der Waals surface area contributed by atoms with Crippen molar-refractivity contribution in [2.75, 3.05) is 12.4 Å². The Morgan fingerprint density at radius 3 is 2.43 bits per heavy atom. The Bertz CT molecular complexity index is 1780. The van der Waals surface area contributed by atoms with Crippen LogP contribution in [-0.2, 0) is 29.0 Å². The van der Waals surface area contributed by atoms with Crippen molar-refractivity contribution in [2.24, 2.45) is 0 Å². The molecular weight excluding hydrogens is 658 g/mol. The van der Waals surface area contributed by atoms with Gasteiger partial charge in [-0.05, 0) is 96.8 Å². The number of carbonyl (C=O) groups excluding carboxylic acids is 3. The van der Waals surface area contributed by atoms with Crippen molar-refractivity contribution in [1.29, 1.82) is 0 Å². The molecule has 0 saturated heterocycles. The number of nitrogens with zero attached hydrogens (tertiary/aromatic N) is 6. The van der Waals surface area contributed by atoms with E-state index in [1.54, 1.807) is 43.2 Å². The van der Waals surface area contributed by atoms with E-state index in [9.17, 15) is 14.4 Å². The lowest BCUT2D eigenvalue weighted by Gasteiger charge is -2.24. The Labute approximate surface area is 284 Å². The highest BCUT2D eigenvalue weighted by Crippen LogP contribution is 2.31. The molecule has 1 atom stereocenters. The summed E-state index contributed by atoms with van der Waals surface area (Å²) in [5, 5.41) is 8.19. The molecule has 11 heteroatoms. The molecule has 2 amide bonds. The Morgan fingerprint density at radius 2 is 1.74 bits per heavy atom. The van der Waals surface area contributed by atoms with E-state index in [0.717, 1.165) is 66.3 Å². The van der Waals surface area contributed by atoms with Crippen LogP contribution in [0.3, 0.4) is 0 Å². The van der Waals surface area contributed by atoms with Crippen molar-refractivity contribution >= 4 is 50.2 Å². The van der Waals surface area contributed by atoms with E-state index in [4.69, 9.17) is 0 Å². The summed E-state index contributed by atoms with van der Waals surface area (Å²) < 4.78 is 2.19. The van der Waals surface area contributed by atoms with Crippen LogP contribution >= 0.6 is 15.9 Å². The molecule has 1 N–H and O–H groups in total. The van der Waals surface area contributed by atoms with Crippen molar-refractivity contribution in [1.82, 2.24) is 29.6 Å². The van der Waals surface area contributed by atoms with Crippen LogP contribution in [0.15, 0.2) is 66.6 Å². The number of ketones is 1. The number of hydrogen-bond acceptors (Lipinski definition) is 7. The maximum absolute atomic E-state index is 13.7. The quantitative estimate of drug-likeness (QED) is 0.0575. The molecule has 3 heterocycles. The molecule has 10 nitrogen and oxygen atoms in total. The highest BCUT2D eigenvalue weighted by atomic mass is 79.9. The van der Waals surface area contributed by atoms with Crippen molar-refractivity contribution in [3.63, 3.8) is 0 Å². The van der Waals surface area contributed by atoms with Gasteiger partial charge in [0.1, 0.15) is 34.5 Å². The van der Waals surface area contributed by atoms with Gasteiger partial charge in [-0.15, -0.1) is 13.2 Å². The molecule has 0 aliphatic heterocycles. The Kier molecular flexibility index (Phi) is 12.3. The highest BCUT2D eigenvalue weighted by Gasteiger charge is 2.26. The van der Waals surface area contributed by atoms with E-state index >= 15 is 0 Å². The first-order valence-corrected chi connectivity index (χ1v) is 16.6. The summed E-state index contributed by atoms with van der Waals surface area (Å²) in [6.07, 6.45) is 13.6. The van der Waals surface area contributed by atoms with E-state index < -0.39 is 6.04 Å². The molecule has 4 aromatic rings. The number of Topliss-reactive ketones (excluding diaryl/α,β-unsaturated/α-hetero) is 1. The number of halogens is 1. The molecule has 0 fully saturated rings. The number of rotatable bonds is 16. The minimum absolute atomic E-state index is 0.145. The first-order valence-electron chi connectivity index (χ1n) is 15.8. The minimum atomic E-state index is -0.808. The van der Waals surface area contributed by atoms with Crippen LogP contribution in [0.25, 0.3) is 22.0 Å². The van der Waals surface area contributed by atoms with Crippen LogP contribution in [0, 0.1) is 6.92 Å². The zero-order valence-corrected chi connectivity index (χ0v) is 29.1. The predicted octanol–water partition coefficient (Wildman–Crippen LogP) is 7.05. The number of unbranched alkanes of at least 4 members (excludes halogenated alkanes) is 4. The number of carbonyl (C=O) groups is 3. The lowest BCUT2D eigenvalue weighted by Crippen LogP contribution is -2.44. The molecule has 1 unspecified atom stereocenters. The van der Waals surface area contributed by atoms with Gasteiger partial charge in [-0.25, -0.2) is 15.0 Å². The van der Waals surface area contributed by atoms with Crippen molar-refractivity contribution in [2.45, 2.75) is 78.3 Å². The van der Waals surface area contributed by atoms with Crippen LogP contribution in [0.1, 0.15) is 73.4 Å². The number of amides is 2. The number of aryl methyl sites for hydroxylation is 2. The summed E-state index contributed by atoms with van der Waals surface area (Å²) in [5.74, 6) is 0.167. The highest BCUT2D eigenvalue weighted by molar-refractivity contribution is 9.10. The second-order valence-electron chi connectivity index (χ2n) is 11.7. The summed E-state index contributed by atoms with van der Waals surface area (Å²) >= 11 is 3.35. The fraction of sp³-hybridized carbons (Fsp3) is 0.361.